The maximum Gasteiger partial charge on any atom is 0.414 e. The number of nitro benzene ring substituents is 3. The van der Waals surface area contributed by atoms with E-state index in [1.54, 1.807) is 4.90 Å². The highest BCUT2D eigenvalue weighted by Crippen LogP contribution is 2.26. The molecule has 2 heterocycles. The van der Waals surface area contributed by atoms with Crippen LogP contribution in [0.5, 0.6) is 0 Å². The standard InChI is InChI=1S/C38H41N9O14S/c48-33(40-27-15-17-43(19-27)34(49)32-18-31(62)20-44(32)38(52)61-23-26-7-13-30(14-8-26)47(57)58)2-1-16-39-35(41-36(50)59-21-24-3-9-28(10-4-24)45(53)54)42-37(51)60-22-25-5-11-29(12-6-25)46(55)56/h3-14,27,31-32,62H,1-2,15-23H2,(H,40,48)(H2,39,41,42,50,51)/t27-,31-,32-/m0/s1. The van der Waals surface area contributed by atoms with E-state index in [0.717, 1.165) is 0 Å². The number of ether oxygens (including phenoxy) is 3. The lowest BCUT2D eigenvalue weighted by atomic mass is 10.2. The molecule has 3 N–H and O–H groups in total. The quantitative estimate of drug-likeness (QED) is 0.0318. The van der Waals surface area contributed by atoms with Crippen molar-refractivity contribution in [2.45, 2.75) is 62.8 Å². The number of benzene rings is 3. The number of thiol groups is 1. The van der Waals surface area contributed by atoms with Gasteiger partial charge in [0.25, 0.3) is 17.1 Å². The van der Waals surface area contributed by atoms with Gasteiger partial charge in [0.15, 0.2) is 0 Å². The van der Waals surface area contributed by atoms with Gasteiger partial charge in [0.1, 0.15) is 25.9 Å². The summed E-state index contributed by atoms with van der Waals surface area (Å²) in [5, 5.41) is 39.9. The second-order valence-electron chi connectivity index (χ2n) is 14.0. The minimum absolute atomic E-state index is 0.0191. The Balaban J connectivity index is 1.09. The number of nitrogens with zero attached hydrogens (tertiary/aromatic N) is 6. The molecule has 2 aliphatic heterocycles. The molecule has 0 bridgehead atoms. The number of carbonyl (C=O) groups is 5. The van der Waals surface area contributed by atoms with Gasteiger partial charge in [-0.25, -0.2) is 14.4 Å². The predicted octanol–water partition coefficient (Wildman–Crippen LogP) is 4.13. The molecule has 3 aromatic rings. The number of aliphatic imine (C=N–C) groups is 1. The van der Waals surface area contributed by atoms with Crippen molar-refractivity contribution in [3.05, 3.63) is 120 Å². The molecular weight excluding hydrogens is 839 g/mol. The van der Waals surface area contributed by atoms with Gasteiger partial charge in [0.05, 0.1) is 14.8 Å². The molecule has 3 atom stereocenters. The van der Waals surface area contributed by atoms with Crippen LogP contribution in [-0.4, -0.2) is 104 Å². The Hall–Kier alpha value is -7.37. The van der Waals surface area contributed by atoms with E-state index in [9.17, 15) is 54.3 Å². The molecule has 23 nitrogen and oxygen atoms in total. The SMILES string of the molecule is O=C(CCCN=C(NC(=O)OCc1ccc([N+](=O)[O-])cc1)NC(=O)OCc1ccc([N+](=O)[O-])cc1)N[C@H]1CCN(C(=O)[C@@H]2C[C@H](S)CN2C(=O)OCc2ccc([N+](=O)[O-])cc2)C1. The summed E-state index contributed by atoms with van der Waals surface area (Å²) in [4.78, 5) is 103. The monoisotopic (exact) mass is 879 g/mol. The second kappa shape index (κ2) is 21.8. The van der Waals surface area contributed by atoms with Gasteiger partial charge in [0.2, 0.25) is 17.8 Å². The predicted molar refractivity (Wildman–Crippen MR) is 219 cm³/mol. The second-order valence-corrected chi connectivity index (χ2v) is 14.7. The van der Waals surface area contributed by atoms with Crippen LogP contribution in [0.25, 0.3) is 0 Å². The van der Waals surface area contributed by atoms with Gasteiger partial charge in [-0.1, -0.05) is 0 Å². The van der Waals surface area contributed by atoms with Crippen molar-refractivity contribution < 1.29 is 53.0 Å². The van der Waals surface area contributed by atoms with Crippen LogP contribution in [0.15, 0.2) is 77.8 Å². The fourth-order valence-corrected chi connectivity index (χ4v) is 6.69. The number of nitrogens with one attached hydrogen (secondary N) is 3. The van der Waals surface area contributed by atoms with E-state index < -0.39 is 39.1 Å². The highest BCUT2D eigenvalue weighted by Gasteiger charge is 2.42. The zero-order valence-corrected chi connectivity index (χ0v) is 33.7. The van der Waals surface area contributed by atoms with Crippen LogP contribution in [-0.2, 0) is 43.6 Å². The number of hydrogen-bond donors (Lipinski definition) is 4. The van der Waals surface area contributed by atoms with Crippen molar-refractivity contribution in [1.82, 2.24) is 25.8 Å². The lowest BCUT2D eigenvalue weighted by molar-refractivity contribution is -0.385. The van der Waals surface area contributed by atoms with Crippen molar-refractivity contribution in [2.75, 3.05) is 26.2 Å². The van der Waals surface area contributed by atoms with E-state index in [1.807, 2.05) is 0 Å². The van der Waals surface area contributed by atoms with E-state index in [1.165, 1.54) is 77.7 Å². The largest absolute Gasteiger partial charge is 0.445 e. The summed E-state index contributed by atoms with van der Waals surface area (Å²) in [7, 11) is 0. The van der Waals surface area contributed by atoms with Crippen LogP contribution in [0.2, 0.25) is 0 Å². The number of alkyl carbamates (subject to hydrolysis) is 2. The Morgan fingerprint density at radius 3 is 1.65 bits per heavy atom. The van der Waals surface area contributed by atoms with Crippen LogP contribution in [0.4, 0.5) is 31.4 Å². The third-order valence-electron chi connectivity index (χ3n) is 9.48. The van der Waals surface area contributed by atoms with Gasteiger partial charge >= 0.3 is 18.3 Å². The summed E-state index contributed by atoms with van der Waals surface area (Å²) < 4.78 is 15.7. The zero-order chi connectivity index (χ0) is 44.8. The molecule has 5 amide bonds. The highest BCUT2D eigenvalue weighted by atomic mass is 32.1. The summed E-state index contributed by atoms with van der Waals surface area (Å²) in [6.45, 7) is -0.0710. The normalized spacial score (nSPS) is 16.7. The van der Waals surface area contributed by atoms with Crippen LogP contribution >= 0.6 is 12.6 Å². The third kappa shape index (κ3) is 13.6. The first-order chi connectivity index (χ1) is 29.6. The van der Waals surface area contributed by atoms with Crippen LogP contribution in [0.3, 0.4) is 0 Å². The molecule has 2 saturated heterocycles. The topological polar surface area (TPSA) is 297 Å². The minimum atomic E-state index is -1.04. The van der Waals surface area contributed by atoms with Gasteiger partial charge in [-0.2, -0.15) is 12.6 Å². The molecule has 24 heteroatoms. The molecule has 0 aliphatic carbocycles. The first kappa shape index (κ1) is 45.7. The van der Waals surface area contributed by atoms with Gasteiger partial charge < -0.3 is 24.4 Å². The van der Waals surface area contributed by atoms with Crippen LogP contribution < -0.4 is 16.0 Å². The molecule has 5 rings (SSSR count). The van der Waals surface area contributed by atoms with Crippen molar-refractivity contribution in [2.24, 2.45) is 4.99 Å². The fraction of sp³-hybridized carbons (Fsp3) is 0.368. The van der Waals surface area contributed by atoms with E-state index in [2.05, 4.69) is 33.6 Å². The summed E-state index contributed by atoms with van der Waals surface area (Å²) in [5.41, 5.74) is 0.991. The lowest BCUT2D eigenvalue weighted by Crippen LogP contribution is -2.48. The number of carbonyl (C=O) groups excluding carboxylic acids is 5. The van der Waals surface area contributed by atoms with Gasteiger partial charge in [-0.05, 0) is 72.4 Å². The molecular formula is C38H41N9O14S. The lowest BCUT2D eigenvalue weighted by Gasteiger charge is -2.27. The summed E-state index contributed by atoms with van der Waals surface area (Å²) in [6, 6.07) is 14.9. The Bertz CT molecular complexity index is 2100. The Labute approximate surface area is 357 Å². The fourth-order valence-electron chi connectivity index (χ4n) is 6.31. The zero-order valence-electron chi connectivity index (χ0n) is 32.8. The Morgan fingerprint density at radius 1 is 0.710 bits per heavy atom. The van der Waals surface area contributed by atoms with Crippen molar-refractivity contribution >= 4 is 65.7 Å². The number of likely N-dealkylation sites (tertiary alicyclic amines) is 2. The average molecular weight is 880 g/mol. The molecule has 0 spiro atoms. The van der Waals surface area contributed by atoms with Gasteiger partial charge in [-0.3, -0.25) is 60.5 Å². The summed E-state index contributed by atoms with van der Waals surface area (Å²) in [6.07, 6.45) is -1.92. The first-order valence-corrected chi connectivity index (χ1v) is 19.5. The van der Waals surface area contributed by atoms with Gasteiger partial charge in [0, 0.05) is 80.3 Å². The maximum absolute atomic E-state index is 13.6. The summed E-state index contributed by atoms with van der Waals surface area (Å²) in [5.74, 6) is -1.04. The highest BCUT2D eigenvalue weighted by molar-refractivity contribution is 7.81. The smallest absolute Gasteiger partial charge is 0.414 e. The first-order valence-electron chi connectivity index (χ1n) is 19.0. The average Bonchev–Trinajstić information content (AvgIpc) is 3.89. The maximum atomic E-state index is 13.6. The number of nitro groups is 3. The molecule has 62 heavy (non-hydrogen) atoms. The summed E-state index contributed by atoms with van der Waals surface area (Å²) >= 11 is 4.48. The molecule has 0 unspecified atom stereocenters. The molecule has 2 fully saturated rings. The minimum Gasteiger partial charge on any atom is -0.445 e. The van der Waals surface area contributed by atoms with Crippen molar-refractivity contribution in [3.8, 4) is 0 Å². The third-order valence-corrected chi connectivity index (χ3v) is 9.85. The van der Waals surface area contributed by atoms with E-state index >= 15 is 0 Å². The molecule has 0 radical (unpaired) electrons. The number of guanidine groups is 1. The van der Waals surface area contributed by atoms with Crippen LogP contribution in [0, 0.1) is 30.3 Å². The molecule has 0 saturated carbocycles. The van der Waals surface area contributed by atoms with E-state index in [0.29, 0.717) is 36.1 Å². The van der Waals surface area contributed by atoms with Gasteiger partial charge in [-0.15, -0.1) is 0 Å². The van der Waals surface area contributed by atoms with Crippen LogP contribution in [0.1, 0.15) is 42.4 Å². The Kier molecular flexibility index (Phi) is 16.0. The van der Waals surface area contributed by atoms with Crippen molar-refractivity contribution in [1.29, 1.82) is 0 Å². The molecule has 2 aliphatic rings. The molecule has 0 aromatic heterocycles. The number of non-ortho nitro benzene ring substituents is 3. The molecule has 328 valence electrons. The van der Waals surface area contributed by atoms with E-state index in [-0.39, 0.29) is 98.4 Å². The molecule has 3 aromatic carbocycles. The van der Waals surface area contributed by atoms with E-state index in [4.69, 9.17) is 14.2 Å². The number of hydrogen-bond acceptors (Lipinski definition) is 16. The Morgan fingerprint density at radius 2 is 1.18 bits per heavy atom. The number of amides is 5. The number of rotatable bonds is 15. The van der Waals surface area contributed by atoms with Crippen molar-refractivity contribution in [3.63, 3.8) is 0 Å².